The van der Waals surface area contributed by atoms with E-state index in [1.165, 1.54) is 0 Å². The summed E-state index contributed by atoms with van der Waals surface area (Å²) in [5.41, 5.74) is 6.97. The maximum absolute atomic E-state index is 12.3. The standard InChI is InChI=1S/C23H30N2O3/c1-16(2)13-14-28-20-8-6-7-18(15-20)22(27)25-24-21(26)17-9-11-19(12-10-17)23(3,4)5/h6-12,15-16H,13-14H2,1-5H3,(H,24,26)(H,25,27). The number of carbonyl (C=O) groups is 2. The Morgan fingerprint density at radius 3 is 2.11 bits per heavy atom. The summed E-state index contributed by atoms with van der Waals surface area (Å²) in [5.74, 6) is 0.434. The summed E-state index contributed by atoms with van der Waals surface area (Å²) >= 11 is 0. The first-order chi connectivity index (χ1) is 13.2. The maximum Gasteiger partial charge on any atom is 0.269 e. The quantitative estimate of drug-likeness (QED) is 0.724. The zero-order valence-corrected chi connectivity index (χ0v) is 17.3. The average Bonchev–Trinajstić information content (AvgIpc) is 2.65. The van der Waals surface area contributed by atoms with Crippen molar-refractivity contribution in [1.82, 2.24) is 10.9 Å². The van der Waals surface area contributed by atoms with Crippen LogP contribution in [0.5, 0.6) is 5.75 Å². The molecule has 28 heavy (non-hydrogen) atoms. The van der Waals surface area contributed by atoms with E-state index in [1.807, 2.05) is 18.2 Å². The number of carbonyl (C=O) groups excluding carboxylic acids is 2. The highest BCUT2D eigenvalue weighted by Gasteiger charge is 2.15. The lowest BCUT2D eigenvalue weighted by atomic mass is 9.87. The van der Waals surface area contributed by atoms with E-state index in [1.54, 1.807) is 30.3 Å². The van der Waals surface area contributed by atoms with E-state index in [0.717, 1.165) is 12.0 Å². The summed E-state index contributed by atoms with van der Waals surface area (Å²) in [6.07, 6.45) is 0.945. The SMILES string of the molecule is CC(C)CCOc1cccc(C(=O)NNC(=O)c2ccc(C(C)(C)C)cc2)c1. The van der Waals surface area contributed by atoms with E-state index in [0.29, 0.717) is 29.4 Å². The molecular weight excluding hydrogens is 352 g/mol. The van der Waals surface area contributed by atoms with Crippen LogP contribution in [0.4, 0.5) is 0 Å². The van der Waals surface area contributed by atoms with Gasteiger partial charge in [0.1, 0.15) is 5.75 Å². The third-order valence-corrected chi connectivity index (χ3v) is 4.36. The number of nitrogens with one attached hydrogen (secondary N) is 2. The van der Waals surface area contributed by atoms with E-state index in [4.69, 9.17) is 4.74 Å². The number of rotatable bonds is 6. The lowest BCUT2D eigenvalue weighted by Crippen LogP contribution is -2.41. The Hall–Kier alpha value is -2.82. The fourth-order valence-corrected chi connectivity index (χ4v) is 2.52. The van der Waals surface area contributed by atoms with E-state index in [2.05, 4.69) is 45.5 Å². The van der Waals surface area contributed by atoms with Crippen molar-refractivity contribution in [2.75, 3.05) is 6.61 Å². The van der Waals surface area contributed by atoms with Gasteiger partial charge >= 0.3 is 0 Å². The summed E-state index contributed by atoms with van der Waals surface area (Å²) in [5, 5.41) is 0. The predicted molar refractivity (Wildman–Crippen MR) is 111 cm³/mol. The minimum Gasteiger partial charge on any atom is -0.494 e. The summed E-state index contributed by atoms with van der Waals surface area (Å²) in [6, 6.07) is 14.3. The highest BCUT2D eigenvalue weighted by molar-refractivity contribution is 5.99. The lowest BCUT2D eigenvalue weighted by molar-refractivity contribution is 0.0846. The topological polar surface area (TPSA) is 67.4 Å². The van der Waals surface area contributed by atoms with Gasteiger partial charge in [-0.1, -0.05) is 52.8 Å². The van der Waals surface area contributed by atoms with Gasteiger partial charge in [0, 0.05) is 11.1 Å². The highest BCUT2D eigenvalue weighted by Crippen LogP contribution is 2.22. The minimum atomic E-state index is -0.394. The zero-order chi connectivity index (χ0) is 20.7. The first kappa shape index (κ1) is 21.5. The molecule has 0 aliphatic heterocycles. The molecule has 2 aromatic carbocycles. The van der Waals surface area contributed by atoms with Crippen LogP contribution in [0.2, 0.25) is 0 Å². The van der Waals surface area contributed by atoms with Crippen molar-refractivity contribution in [2.45, 2.75) is 46.5 Å². The van der Waals surface area contributed by atoms with Crippen LogP contribution in [0.25, 0.3) is 0 Å². The van der Waals surface area contributed by atoms with Crippen LogP contribution in [-0.2, 0) is 5.41 Å². The second kappa shape index (κ2) is 9.40. The van der Waals surface area contributed by atoms with Gasteiger partial charge in [0.05, 0.1) is 6.61 Å². The second-order valence-electron chi connectivity index (χ2n) is 8.29. The monoisotopic (exact) mass is 382 g/mol. The Balaban J connectivity index is 1.91. The van der Waals surface area contributed by atoms with Crippen LogP contribution in [0, 0.1) is 5.92 Å². The minimum absolute atomic E-state index is 0.0193. The molecule has 150 valence electrons. The second-order valence-corrected chi connectivity index (χ2v) is 8.29. The Kier molecular flexibility index (Phi) is 7.21. The van der Waals surface area contributed by atoms with E-state index in [-0.39, 0.29) is 11.3 Å². The van der Waals surface area contributed by atoms with Crippen LogP contribution in [0.3, 0.4) is 0 Å². The molecule has 0 aromatic heterocycles. The molecule has 0 heterocycles. The van der Waals surface area contributed by atoms with E-state index >= 15 is 0 Å². The molecule has 0 unspecified atom stereocenters. The molecule has 5 heteroatoms. The van der Waals surface area contributed by atoms with Crippen molar-refractivity contribution in [3.05, 3.63) is 65.2 Å². The van der Waals surface area contributed by atoms with E-state index in [9.17, 15) is 9.59 Å². The normalized spacial score (nSPS) is 11.2. The molecule has 2 aromatic rings. The van der Waals surface area contributed by atoms with Crippen molar-refractivity contribution >= 4 is 11.8 Å². The van der Waals surface area contributed by atoms with Gasteiger partial charge in [-0.25, -0.2) is 0 Å². The van der Waals surface area contributed by atoms with Crippen molar-refractivity contribution in [2.24, 2.45) is 5.92 Å². The van der Waals surface area contributed by atoms with Gasteiger partial charge in [-0.15, -0.1) is 0 Å². The molecule has 0 bridgehead atoms. The van der Waals surface area contributed by atoms with Crippen LogP contribution >= 0.6 is 0 Å². The molecule has 0 fully saturated rings. The van der Waals surface area contributed by atoms with Gasteiger partial charge in [-0.2, -0.15) is 0 Å². The molecule has 0 aliphatic rings. The van der Waals surface area contributed by atoms with Gasteiger partial charge in [-0.05, 0) is 53.6 Å². The molecule has 2 N–H and O–H groups in total. The first-order valence-corrected chi connectivity index (χ1v) is 9.61. The molecular formula is C23H30N2O3. The molecule has 0 radical (unpaired) electrons. The summed E-state index contributed by atoms with van der Waals surface area (Å²) in [6.45, 7) is 11.2. The lowest BCUT2D eigenvalue weighted by Gasteiger charge is -2.19. The predicted octanol–water partition coefficient (Wildman–Crippen LogP) is 4.48. The maximum atomic E-state index is 12.3. The summed E-state index contributed by atoms with van der Waals surface area (Å²) < 4.78 is 5.67. The molecule has 5 nitrogen and oxygen atoms in total. The van der Waals surface area contributed by atoms with Gasteiger partial charge in [0.2, 0.25) is 0 Å². The van der Waals surface area contributed by atoms with Gasteiger partial charge in [0.15, 0.2) is 0 Å². The Bertz CT molecular complexity index is 805. The molecule has 0 aliphatic carbocycles. The molecule has 2 rings (SSSR count). The smallest absolute Gasteiger partial charge is 0.269 e. The van der Waals surface area contributed by atoms with Crippen LogP contribution < -0.4 is 15.6 Å². The van der Waals surface area contributed by atoms with Crippen LogP contribution in [0.15, 0.2) is 48.5 Å². The number of hydrazine groups is 1. The Labute approximate surface area is 167 Å². The van der Waals surface area contributed by atoms with Crippen molar-refractivity contribution in [3.63, 3.8) is 0 Å². The Morgan fingerprint density at radius 1 is 0.929 bits per heavy atom. The molecule has 0 saturated carbocycles. The molecule has 0 atom stereocenters. The number of amides is 2. The summed E-state index contributed by atoms with van der Waals surface area (Å²) in [7, 11) is 0. The number of hydrogen-bond acceptors (Lipinski definition) is 3. The average molecular weight is 383 g/mol. The van der Waals surface area contributed by atoms with Gasteiger partial charge in [0.25, 0.3) is 11.8 Å². The fraction of sp³-hybridized carbons (Fsp3) is 0.391. The van der Waals surface area contributed by atoms with Crippen LogP contribution in [0.1, 0.15) is 67.3 Å². The molecule has 0 saturated heterocycles. The van der Waals surface area contributed by atoms with Crippen molar-refractivity contribution in [1.29, 1.82) is 0 Å². The number of benzene rings is 2. The third-order valence-electron chi connectivity index (χ3n) is 4.36. The number of hydrogen-bond donors (Lipinski definition) is 2. The van der Waals surface area contributed by atoms with Gasteiger partial charge in [-0.3, -0.25) is 20.4 Å². The highest BCUT2D eigenvalue weighted by atomic mass is 16.5. The first-order valence-electron chi connectivity index (χ1n) is 9.61. The van der Waals surface area contributed by atoms with Crippen molar-refractivity contribution in [3.8, 4) is 5.75 Å². The molecule has 0 spiro atoms. The van der Waals surface area contributed by atoms with E-state index < -0.39 is 5.91 Å². The largest absolute Gasteiger partial charge is 0.494 e. The Morgan fingerprint density at radius 2 is 1.54 bits per heavy atom. The van der Waals surface area contributed by atoms with Crippen molar-refractivity contribution < 1.29 is 14.3 Å². The number of ether oxygens (including phenoxy) is 1. The molecule has 2 amide bonds. The van der Waals surface area contributed by atoms with Crippen LogP contribution in [-0.4, -0.2) is 18.4 Å². The third kappa shape index (κ3) is 6.41. The fourth-order valence-electron chi connectivity index (χ4n) is 2.52. The van der Waals surface area contributed by atoms with Gasteiger partial charge < -0.3 is 4.74 Å². The zero-order valence-electron chi connectivity index (χ0n) is 17.3. The summed E-state index contributed by atoms with van der Waals surface area (Å²) in [4.78, 5) is 24.6.